The Labute approximate surface area is 133 Å². The molecule has 1 N–H and O–H groups in total. The van der Waals surface area contributed by atoms with Crippen LogP contribution in [0.2, 0.25) is 10.0 Å². The van der Waals surface area contributed by atoms with E-state index in [0.717, 1.165) is 5.56 Å². The molecule has 2 aromatic carbocycles. The van der Waals surface area contributed by atoms with E-state index < -0.39 is 0 Å². The van der Waals surface area contributed by atoms with Crippen LogP contribution in [0.4, 0.5) is 0 Å². The van der Waals surface area contributed by atoms with E-state index in [0.29, 0.717) is 34.3 Å². The van der Waals surface area contributed by atoms with Crippen molar-refractivity contribution in [3.63, 3.8) is 0 Å². The summed E-state index contributed by atoms with van der Waals surface area (Å²) in [6, 6.07) is 12.4. The lowest BCUT2D eigenvalue weighted by atomic mass is 10.1. The SMILES string of the molecule is COc1ccccc1C(=O)NCCc1ccc(Cl)cc1Cl. The molecule has 0 aromatic heterocycles. The third kappa shape index (κ3) is 4.13. The van der Waals surface area contributed by atoms with Gasteiger partial charge in [-0.25, -0.2) is 0 Å². The van der Waals surface area contributed by atoms with Crippen molar-refractivity contribution in [1.82, 2.24) is 5.32 Å². The molecule has 0 fully saturated rings. The fourth-order valence-electron chi connectivity index (χ4n) is 1.96. The van der Waals surface area contributed by atoms with Crippen LogP contribution in [0.3, 0.4) is 0 Å². The lowest BCUT2D eigenvalue weighted by Crippen LogP contribution is -2.26. The predicted octanol–water partition coefficient (Wildman–Crippen LogP) is 3.97. The Kier molecular flexibility index (Phi) is 5.48. The van der Waals surface area contributed by atoms with Crippen LogP contribution in [0.1, 0.15) is 15.9 Å². The van der Waals surface area contributed by atoms with E-state index in [1.807, 2.05) is 12.1 Å². The van der Waals surface area contributed by atoms with Crippen molar-refractivity contribution in [2.75, 3.05) is 13.7 Å². The fraction of sp³-hybridized carbons (Fsp3) is 0.188. The second kappa shape index (κ2) is 7.34. The van der Waals surface area contributed by atoms with Crippen molar-refractivity contribution in [2.24, 2.45) is 0 Å². The first-order valence-electron chi connectivity index (χ1n) is 6.47. The van der Waals surface area contributed by atoms with E-state index in [4.69, 9.17) is 27.9 Å². The first kappa shape index (κ1) is 15.7. The van der Waals surface area contributed by atoms with Crippen LogP contribution < -0.4 is 10.1 Å². The van der Waals surface area contributed by atoms with Gasteiger partial charge in [-0.15, -0.1) is 0 Å². The highest BCUT2D eigenvalue weighted by Gasteiger charge is 2.10. The highest BCUT2D eigenvalue weighted by atomic mass is 35.5. The quantitative estimate of drug-likeness (QED) is 0.904. The van der Waals surface area contributed by atoms with Gasteiger partial charge in [0.25, 0.3) is 5.91 Å². The Morgan fingerprint density at radius 2 is 1.95 bits per heavy atom. The summed E-state index contributed by atoms with van der Waals surface area (Å²) in [4.78, 5) is 12.1. The molecule has 0 heterocycles. The van der Waals surface area contributed by atoms with Gasteiger partial charge in [0.15, 0.2) is 0 Å². The maximum atomic E-state index is 12.1. The number of hydrogen-bond acceptors (Lipinski definition) is 2. The summed E-state index contributed by atoms with van der Waals surface area (Å²) in [6.07, 6.45) is 0.636. The van der Waals surface area contributed by atoms with Crippen LogP contribution in [-0.4, -0.2) is 19.6 Å². The number of rotatable bonds is 5. The van der Waals surface area contributed by atoms with Gasteiger partial charge in [0, 0.05) is 16.6 Å². The topological polar surface area (TPSA) is 38.3 Å². The van der Waals surface area contributed by atoms with E-state index >= 15 is 0 Å². The molecule has 0 saturated heterocycles. The molecule has 110 valence electrons. The third-order valence-corrected chi connectivity index (χ3v) is 3.63. The van der Waals surface area contributed by atoms with Gasteiger partial charge < -0.3 is 10.1 Å². The highest BCUT2D eigenvalue weighted by molar-refractivity contribution is 6.35. The Morgan fingerprint density at radius 3 is 2.67 bits per heavy atom. The maximum absolute atomic E-state index is 12.1. The van der Waals surface area contributed by atoms with Crippen molar-refractivity contribution in [2.45, 2.75) is 6.42 Å². The van der Waals surface area contributed by atoms with Crippen LogP contribution >= 0.6 is 23.2 Å². The molecular formula is C16H15Cl2NO2. The van der Waals surface area contributed by atoms with Crippen molar-refractivity contribution in [1.29, 1.82) is 0 Å². The average molecular weight is 324 g/mol. The Bertz CT molecular complexity index is 644. The van der Waals surface area contributed by atoms with Crippen LogP contribution in [0.5, 0.6) is 5.75 Å². The summed E-state index contributed by atoms with van der Waals surface area (Å²) in [5, 5.41) is 4.06. The van der Waals surface area contributed by atoms with Crippen molar-refractivity contribution >= 4 is 29.1 Å². The number of para-hydroxylation sites is 1. The van der Waals surface area contributed by atoms with Gasteiger partial charge in [-0.2, -0.15) is 0 Å². The molecule has 0 aliphatic carbocycles. The number of amides is 1. The van der Waals surface area contributed by atoms with Crippen LogP contribution in [0, 0.1) is 0 Å². The zero-order valence-corrected chi connectivity index (χ0v) is 13.0. The molecule has 0 bridgehead atoms. The van der Waals surface area contributed by atoms with Gasteiger partial charge in [0.1, 0.15) is 5.75 Å². The molecule has 21 heavy (non-hydrogen) atoms. The molecule has 2 aromatic rings. The Balaban J connectivity index is 1.95. The van der Waals surface area contributed by atoms with Crippen molar-refractivity contribution < 1.29 is 9.53 Å². The number of hydrogen-bond donors (Lipinski definition) is 1. The fourth-order valence-corrected chi connectivity index (χ4v) is 2.47. The summed E-state index contributed by atoms with van der Waals surface area (Å²) in [7, 11) is 1.54. The predicted molar refractivity (Wildman–Crippen MR) is 85.5 cm³/mol. The molecule has 2 rings (SSSR count). The van der Waals surface area contributed by atoms with E-state index in [-0.39, 0.29) is 5.91 Å². The summed E-state index contributed by atoms with van der Waals surface area (Å²) in [5.41, 5.74) is 1.46. The molecule has 3 nitrogen and oxygen atoms in total. The molecule has 0 spiro atoms. The average Bonchev–Trinajstić information content (AvgIpc) is 2.49. The number of ether oxygens (including phenoxy) is 1. The van der Waals surface area contributed by atoms with Gasteiger partial charge in [-0.3, -0.25) is 4.79 Å². The Morgan fingerprint density at radius 1 is 1.19 bits per heavy atom. The van der Waals surface area contributed by atoms with Gasteiger partial charge in [-0.05, 0) is 36.2 Å². The standard InChI is InChI=1S/C16H15Cl2NO2/c1-21-15-5-3-2-4-13(15)16(20)19-9-8-11-6-7-12(17)10-14(11)18/h2-7,10H,8-9H2,1H3,(H,19,20). The van der Waals surface area contributed by atoms with Crippen molar-refractivity contribution in [3.05, 3.63) is 63.6 Å². The van der Waals surface area contributed by atoms with Crippen LogP contribution in [0.15, 0.2) is 42.5 Å². The van der Waals surface area contributed by atoms with Crippen molar-refractivity contribution in [3.8, 4) is 5.75 Å². The first-order chi connectivity index (χ1) is 10.1. The number of methoxy groups -OCH3 is 1. The van der Waals surface area contributed by atoms with Gasteiger partial charge in [0.2, 0.25) is 0 Å². The molecule has 0 unspecified atom stereocenters. The Hall–Kier alpha value is -1.71. The summed E-state index contributed by atoms with van der Waals surface area (Å²) in [5.74, 6) is 0.386. The molecule has 0 atom stereocenters. The molecule has 0 aliphatic rings. The molecule has 1 amide bonds. The zero-order valence-electron chi connectivity index (χ0n) is 11.5. The first-order valence-corrected chi connectivity index (χ1v) is 7.22. The van der Waals surface area contributed by atoms with E-state index in [1.165, 1.54) is 0 Å². The minimum atomic E-state index is -0.169. The highest BCUT2D eigenvalue weighted by Crippen LogP contribution is 2.21. The smallest absolute Gasteiger partial charge is 0.255 e. The normalized spacial score (nSPS) is 10.2. The number of carbonyl (C=O) groups excluding carboxylic acids is 1. The molecule has 0 aliphatic heterocycles. The minimum absolute atomic E-state index is 0.169. The van der Waals surface area contributed by atoms with Crippen LogP contribution in [-0.2, 0) is 6.42 Å². The van der Waals surface area contributed by atoms with E-state index in [9.17, 15) is 4.79 Å². The zero-order chi connectivity index (χ0) is 15.2. The molecule has 5 heteroatoms. The molecule has 0 saturated carbocycles. The minimum Gasteiger partial charge on any atom is -0.496 e. The lowest BCUT2D eigenvalue weighted by molar-refractivity contribution is 0.0951. The maximum Gasteiger partial charge on any atom is 0.255 e. The second-order valence-corrected chi connectivity index (χ2v) is 5.29. The third-order valence-electron chi connectivity index (χ3n) is 3.05. The van der Waals surface area contributed by atoms with E-state index in [2.05, 4.69) is 5.32 Å². The molecule has 0 radical (unpaired) electrons. The largest absolute Gasteiger partial charge is 0.496 e. The number of carbonyl (C=O) groups is 1. The number of halogens is 2. The monoisotopic (exact) mass is 323 g/mol. The lowest BCUT2D eigenvalue weighted by Gasteiger charge is -2.09. The summed E-state index contributed by atoms with van der Waals surface area (Å²) in [6.45, 7) is 0.484. The summed E-state index contributed by atoms with van der Waals surface area (Å²) >= 11 is 11.9. The number of benzene rings is 2. The van der Waals surface area contributed by atoms with Gasteiger partial charge >= 0.3 is 0 Å². The number of nitrogens with one attached hydrogen (secondary N) is 1. The van der Waals surface area contributed by atoms with E-state index in [1.54, 1.807) is 37.4 Å². The second-order valence-electron chi connectivity index (χ2n) is 4.44. The van der Waals surface area contributed by atoms with Crippen LogP contribution in [0.25, 0.3) is 0 Å². The van der Waals surface area contributed by atoms with Gasteiger partial charge in [-0.1, -0.05) is 41.4 Å². The van der Waals surface area contributed by atoms with Gasteiger partial charge in [0.05, 0.1) is 12.7 Å². The summed E-state index contributed by atoms with van der Waals surface area (Å²) < 4.78 is 5.17. The molecular weight excluding hydrogens is 309 g/mol.